The largest absolute Gasteiger partial charge is 0.355 e. The fraction of sp³-hybridized carbons (Fsp3) is 0.222. The van der Waals surface area contributed by atoms with Crippen molar-refractivity contribution in [2.45, 2.75) is 12.8 Å². The van der Waals surface area contributed by atoms with E-state index in [0.29, 0.717) is 11.6 Å². The van der Waals surface area contributed by atoms with Gasteiger partial charge in [-0.05, 0) is 36.6 Å². The highest BCUT2D eigenvalue weighted by Crippen LogP contribution is 2.20. The Morgan fingerprint density at radius 1 is 0.958 bits per heavy atom. The molecule has 0 spiro atoms. The SMILES string of the molecule is O=C(CNC(=O)c1ccc(Cl)cc1Cl)NCCCc1ccccc1. The molecule has 2 rings (SSSR count). The Balaban J connectivity index is 1.68. The minimum atomic E-state index is -0.406. The van der Waals surface area contributed by atoms with Gasteiger partial charge in [0.1, 0.15) is 0 Å². The number of halogens is 2. The van der Waals surface area contributed by atoms with E-state index in [1.54, 1.807) is 6.07 Å². The fourth-order valence-electron chi connectivity index (χ4n) is 2.16. The Hall–Kier alpha value is -2.04. The lowest BCUT2D eigenvalue weighted by molar-refractivity contribution is -0.120. The van der Waals surface area contributed by atoms with Gasteiger partial charge in [0, 0.05) is 11.6 Å². The van der Waals surface area contributed by atoms with Crippen molar-refractivity contribution in [1.29, 1.82) is 0 Å². The second-order valence-corrected chi connectivity index (χ2v) is 6.09. The second-order valence-electron chi connectivity index (χ2n) is 5.25. The molecule has 0 aromatic heterocycles. The van der Waals surface area contributed by atoms with Gasteiger partial charge in [-0.2, -0.15) is 0 Å². The minimum absolute atomic E-state index is 0.0941. The van der Waals surface area contributed by atoms with Gasteiger partial charge in [-0.15, -0.1) is 0 Å². The van der Waals surface area contributed by atoms with Crippen LogP contribution in [0.1, 0.15) is 22.3 Å². The standard InChI is InChI=1S/C18H18Cl2N2O2/c19-14-8-9-15(16(20)11-14)18(24)22-12-17(23)21-10-4-7-13-5-2-1-3-6-13/h1-3,5-6,8-9,11H,4,7,10,12H2,(H,21,23)(H,22,24). The predicted octanol–water partition coefficient (Wildman–Crippen LogP) is 3.47. The van der Waals surface area contributed by atoms with Crippen LogP contribution in [0.15, 0.2) is 48.5 Å². The molecule has 2 N–H and O–H groups in total. The van der Waals surface area contributed by atoms with Gasteiger partial charge in [0.05, 0.1) is 17.1 Å². The van der Waals surface area contributed by atoms with E-state index < -0.39 is 5.91 Å². The third-order valence-corrected chi connectivity index (χ3v) is 3.94. The van der Waals surface area contributed by atoms with Crippen molar-refractivity contribution >= 4 is 35.0 Å². The lowest BCUT2D eigenvalue weighted by Gasteiger charge is -2.08. The maximum Gasteiger partial charge on any atom is 0.253 e. The number of aryl methyl sites for hydroxylation is 1. The number of benzene rings is 2. The molecule has 0 radical (unpaired) electrons. The van der Waals surface area contributed by atoms with Crippen LogP contribution >= 0.6 is 23.2 Å². The number of amides is 2. The summed E-state index contributed by atoms with van der Waals surface area (Å²) in [6, 6.07) is 14.7. The first kappa shape index (κ1) is 18.3. The molecule has 0 aliphatic heterocycles. The molecule has 0 bridgehead atoms. The van der Waals surface area contributed by atoms with Crippen LogP contribution in [-0.2, 0) is 11.2 Å². The molecule has 4 nitrogen and oxygen atoms in total. The first-order valence-corrected chi connectivity index (χ1v) is 8.36. The number of carbonyl (C=O) groups excluding carboxylic acids is 2. The molecule has 0 saturated heterocycles. The Labute approximate surface area is 151 Å². The smallest absolute Gasteiger partial charge is 0.253 e. The monoisotopic (exact) mass is 364 g/mol. The quantitative estimate of drug-likeness (QED) is 0.739. The fourth-order valence-corrected chi connectivity index (χ4v) is 2.65. The number of hydrogen-bond acceptors (Lipinski definition) is 2. The average Bonchev–Trinajstić information content (AvgIpc) is 2.57. The van der Waals surface area contributed by atoms with Gasteiger partial charge in [-0.3, -0.25) is 9.59 Å². The summed E-state index contributed by atoms with van der Waals surface area (Å²) in [4.78, 5) is 23.7. The van der Waals surface area contributed by atoms with E-state index >= 15 is 0 Å². The van der Waals surface area contributed by atoms with Gasteiger partial charge >= 0.3 is 0 Å². The zero-order chi connectivity index (χ0) is 17.4. The molecule has 0 unspecified atom stereocenters. The zero-order valence-corrected chi connectivity index (χ0v) is 14.5. The summed E-state index contributed by atoms with van der Waals surface area (Å²) in [5.41, 5.74) is 1.52. The minimum Gasteiger partial charge on any atom is -0.355 e. The highest BCUT2D eigenvalue weighted by Gasteiger charge is 2.11. The summed E-state index contributed by atoms with van der Waals surface area (Å²) < 4.78 is 0. The third kappa shape index (κ3) is 5.87. The van der Waals surface area contributed by atoms with Crippen LogP contribution in [-0.4, -0.2) is 24.9 Å². The van der Waals surface area contributed by atoms with Gasteiger partial charge < -0.3 is 10.6 Å². The molecule has 2 aromatic rings. The van der Waals surface area contributed by atoms with Crippen LogP contribution in [0.25, 0.3) is 0 Å². The van der Waals surface area contributed by atoms with Crippen molar-refractivity contribution in [3.8, 4) is 0 Å². The summed E-state index contributed by atoms with van der Waals surface area (Å²) in [6.07, 6.45) is 1.74. The van der Waals surface area contributed by atoms with Crippen LogP contribution in [0, 0.1) is 0 Å². The van der Waals surface area contributed by atoms with Crippen LogP contribution in [0.2, 0.25) is 10.0 Å². The molecule has 126 valence electrons. The molecule has 2 aromatic carbocycles. The van der Waals surface area contributed by atoms with E-state index in [1.165, 1.54) is 17.7 Å². The number of hydrogen-bond donors (Lipinski definition) is 2. The molecule has 0 fully saturated rings. The van der Waals surface area contributed by atoms with Crippen molar-refractivity contribution in [3.63, 3.8) is 0 Å². The first-order chi connectivity index (χ1) is 11.6. The Kier molecular flexibility index (Phi) is 7.09. The summed E-state index contributed by atoms with van der Waals surface area (Å²) in [6.45, 7) is 0.467. The van der Waals surface area contributed by atoms with Gasteiger partial charge in [0.2, 0.25) is 5.91 Å². The maximum atomic E-state index is 12.0. The van der Waals surface area contributed by atoms with Gasteiger partial charge in [-0.25, -0.2) is 0 Å². The molecule has 0 atom stereocenters. The highest BCUT2D eigenvalue weighted by molar-refractivity contribution is 6.36. The van der Waals surface area contributed by atoms with Gasteiger partial charge in [0.15, 0.2) is 0 Å². The Bertz CT molecular complexity index is 705. The molecule has 24 heavy (non-hydrogen) atoms. The predicted molar refractivity (Wildman–Crippen MR) is 96.6 cm³/mol. The molecule has 0 saturated carbocycles. The number of rotatable bonds is 7. The summed E-state index contributed by atoms with van der Waals surface area (Å²) in [5, 5.41) is 6.02. The summed E-state index contributed by atoms with van der Waals surface area (Å²) >= 11 is 11.7. The van der Waals surface area contributed by atoms with Crippen molar-refractivity contribution in [2.24, 2.45) is 0 Å². The summed E-state index contributed by atoms with van der Waals surface area (Å²) in [5.74, 6) is -0.641. The van der Waals surface area contributed by atoms with Crippen LogP contribution in [0.4, 0.5) is 0 Å². The second kappa shape index (κ2) is 9.30. The Morgan fingerprint density at radius 3 is 2.42 bits per heavy atom. The van der Waals surface area contributed by atoms with Crippen LogP contribution in [0.3, 0.4) is 0 Å². The zero-order valence-electron chi connectivity index (χ0n) is 13.0. The van der Waals surface area contributed by atoms with Crippen molar-refractivity contribution in [1.82, 2.24) is 10.6 Å². The lowest BCUT2D eigenvalue weighted by atomic mass is 10.1. The van der Waals surface area contributed by atoms with Gasteiger partial charge in [-0.1, -0.05) is 53.5 Å². The maximum absolute atomic E-state index is 12.0. The van der Waals surface area contributed by atoms with Crippen LogP contribution in [0.5, 0.6) is 0 Å². The van der Waals surface area contributed by atoms with Gasteiger partial charge in [0.25, 0.3) is 5.91 Å². The first-order valence-electron chi connectivity index (χ1n) is 7.60. The molecule has 0 aliphatic rings. The van der Waals surface area contributed by atoms with E-state index in [9.17, 15) is 9.59 Å². The summed E-state index contributed by atoms with van der Waals surface area (Å²) in [7, 11) is 0. The normalized spacial score (nSPS) is 10.2. The average molecular weight is 365 g/mol. The molecule has 0 heterocycles. The van der Waals surface area contributed by atoms with E-state index in [4.69, 9.17) is 23.2 Å². The van der Waals surface area contributed by atoms with E-state index in [-0.39, 0.29) is 23.0 Å². The van der Waals surface area contributed by atoms with Crippen molar-refractivity contribution in [2.75, 3.05) is 13.1 Å². The van der Waals surface area contributed by atoms with E-state index in [0.717, 1.165) is 12.8 Å². The molecular formula is C18H18Cl2N2O2. The lowest BCUT2D eigenvalue weighted by Crippen LogP contribution is -2.37. The topological polar surface area (TPSA) is 58.2 Å². The highest BCUT2D eigenvalue weighted by atomic mass is 35.5. The molecular weight excluding hydrogens is 347 g/mol. The van der Waals surface area contributed by atoms with E-state index in [2.05, 4.69) is 22.8 Å². The van der Waals surface area contributed by atoms with Crippen molar-refractivity contribution < 1.29 is 9.59 Å². The molecule has 2 amide bonds. The molecule has 6 heteroatoms. The number of nitrogens with one attached hydrogen (secondary N) is 2. The molecule has 0 aliphatic carbocycles. The van der Waals surface area contributed by atoms with Crippen LogP contribution < -0.4 is 10.6 Å². The number of carbonyl (C=O) groups is 2. The third-order valence-electron chi connectivity index (χ3n) is 3.39. The Morgan fingerprint density at radius 2 is 1.71 bits per heavy atom. The van der Waals surface area contributed by atoms with Crippen molar-refractivity contribution in [3.05, 3.63) is 69.7 Å². The van der Waals surface area contributed by atoms with E-state index in [1.807, 2.05) is 18.2 Å².